The number of amides is 1. The second-order valence-electron chi connectivity index (χ2n) is 10.4. The number of anilines is 1. The molecule has 0 bridgehead atoms. The molecule has 5 rings (SSSR count). The topological polar surface area (TPSA) is 72.6 Å². The predicted molar refractivity (Wildman–Crippen MR) is 132 cm³/mol. The van der Waals surface area contributed by atoms with Gasteiger partial charge in [0.15, 0.2) is 0 Å². The zero-order valence-electron chi connectivity index (χ0n) is 20.5. The zero-order chi connectivity index (χ0) is 24.0. The van der Waals surface area contributed by atoms with Gasteiger partial charge in [-0.25, -0.2) is 4.79 Å². The Labute approximate surface area is 199 Å². The fourth-order valence-corrected chi connectivity index (χ4v) is 5.06. The molecule has 1 fully saturated rings. The van der Waals surface area contributed by atoms with Crippen molar-refractivity contribution < 1.29 is 9.53 Å². The molecular formula is C26H33N5O3. The molecule has 8 nitrogen and oxygen atoms in total. The van der Waals surface area contributed by atoms with Gasteiger partial charge in [0.05, 0.1) is 5.69 Å². The Kier molecular flexibility index (Phi) is 5.62. The van der Waals surface area contributed by atoms with Crippen LogP contribution in [-0.2, 0) is 24.8 Å². The molecule has 34 heavy (non-hydrogen) atoms. The molecule has 2 aromatic heterocycles. The van der Waals surface area contributed by atoms with E-state index in [0.29, 0.717) is 13.1 Å². The molecule has 0 atom stereocenters. The lowest BCUT2D eigenvalue weighted by atomic mass is 10.0. The van der Waals surface area contributed by atoms with Crippen LogP contribution < -0.4 is 10.5 Å². The van der Waals surface area contributed by atoms with Crippen LogP contribution in [0.25, 0.3) is 10.8 Å². The summed E-state index contributed by atoms with van der Waals surface area (Å²) in [5, 5.41) is 6.24. The third-order valence-corrected chi connectivity index (χ3v) is 6.76. The number of hydrogen-bond acceptors (Lipinski definition) is 5. The number of carbonyl (C=O) groups excluding carboxylic acids is 1. The third-order valence-electron chi connectivity index (χ3n) is 6.76. The average molecular weight is 464 g/mol. The normalized spacial score (nSPS) is 17.2. The number of nitrogens with zero attached hydrogens (tertiary/aromatic N) is 5. The van der Waals surface area contributed by atoms with Crippen LogP contribution >= 0.6 is 0 Å². The summed E-state index contributed by atoms with van der Waals surface area (Å²) >= 11 is 0. The molecule has 0 N–H and O–H groups in total. The van der Waals surface area contributed by atoms with E-state index in [1.807, 2.05) is 55.4 Å². The highest BCUT2D eigenvalue weighted by molar-refractivity contribution is 5.85. The van der Waals surface area contributed by atoms with Gasteiger partial charge < -0.3 is 19.1 Å². The van der Waals surface area contributed by atoms with Gasteiger partial charge in [-0.1, -0.05) is 0 Å². The van der Waals surface area contributed by atoms with E-state index in [2.05, 4.69) is 28.3 Å². The highest BCUT2D eigenvalue weighted by Crippen LogP contribution is 2.28. The summed E-state index contributed by atoms with van der Waals surface area (Å²) in [6.45, 7) is 8.56. The van der Waals surface area contributed by atoms with Crippen LogP contribution in [0, 0.1) is 0 Å². The number of pyridine rings is 1. The summed E-state index contributed by atoms with van der Waals surface area (Å²) in [4.78, 5) is 29.8. The molecule has 0 saturated carbocycles. The van der Waals surface area contributed by atoms with Crippen molar-refractivity contribution in [2.24, 2.45) is 7.05 Å². The van der Waals surface area contributed by atoms with Crippen LogP contribution in [0.4, 0.5) is 10.5 Å². The quantitative estimate of drug-likeness (QED) is 0.577. The molecule has 1 aromatic carbocycles. The van der Waals surface area contributed by atoms with Crippen LogP contribution in [-0.4, -0.2) is 50.6 Å². The Hall–Kier alpha value is -3.29. The fourth-order valence-electron chi connectivity index (χ4n) is 5.06. The van der Waals surface area contributed by atoms with E-state index in [4.69, 9.17) is 4.74 Å². The Morgan fingerprint density at radius 2 is 1.88 bits per heavy atom. The van der Waals surface area contributed by atoms with Crippen LogP contribution in [0.2, 0.25) is 0 Å². The van der Waals surface area contributed by atoms with Gasteiger partial charge in [0.2, 0.25) is 0 Å². The van der Waals surface area contributed by atoms with Crippen LogP contribution in [0.3, 0.4) is 0 Å². The number of carbonyl (C=O) groups is 1. The van der Waals surface area contributed by atoms with Gasteiger partial charge in [-0.2, -0.15) is 5.10 Å². The summed E-state index contributed by atoms with van der Waals surface area (Å²) in [7, 11) is 1.96. The minimum Gasteiger partial charge on any atom is -0.444 e. The van der Waals surface area contributed by atoms with Crippen molar-refractivity contribution in [3.8, 4) is 0 Å². The van der Waals surface area contributed by atoms with Crippen molar-refractivity contribution in [3.05, 3.63) is 58.3 Å². The van der Waals surface area contributed by atoms with Gasteiger partial charge in [-0.05, 0) is 63.3 Å². The van der Waals surface area contributed by atoms with E-state index in [1.165, 1.54) is 11.3 Å². The Morgan fingerprint density at radius 3 is 2.62 bits per heavy atom. The number of hydrogen-bond donors (Lipinski definition) is 0. The first-order chi connectivity index (χ1) is 16.2. The maximum atomic E-state index is 13.3. The molecule has 1 amide bonds. The number of fused-ring (bicyclic) bond motifs is 2. The van der Waals surface area contributed by atoms with Crippen molar-refractivity contribution in [3.63, 3.8) is 0 Å². The van der Waals surface area contributed by atoms with Gasteiger partial charge in [0.25, 0.3) is 5.56 Å². The minimum atomic E-state index is -0.503. The number of rotatable bonds is 2. The van der Waals surface area contributed by atoms with Gasteiger partial charge in [-0.15, -0.1) is 0 Å². The lowest BCUT2D eigenvalue weighted by Crippen LogP contribution is -2.43. The summed E-state index contributed by atoms with van der Waals surface area (Å²) in [6, 6.07) is 8.26. The Bertz CT molecular complexity index is 1280. The number of aromatic nitrogens is 3. The Morgan fingerprint density at radius 1 is 1.12 bits per heavy atom. The van der Waals surface area contributed by atoms with Gasteiger partial charge in [-0.3, -0.25) is 9.48 Å². The molecule has 0 spiro atoms. The molecule has 180 valence electrons. The second kappa shape index (κ2) is 8.49. The molecule has 1 saturated heterocycles. The van der Waals surface area contributed by atoms with Crippen molar-refractivity contribution in [2.45, 2.75) is 58.2 Å². The smallest absolute Gasteiger partial charge is 0.410 e. The van der Waals surface area contributed by atoms with Gasteiger partial charge in [0.1, 0.15) is 5.60 Å². The molecule has 0 aliphatic carbocycles. The molecular weight excluding hydrogens is 430 g/mol. The molecule has 8 heteroatoms. The average Bonchev–Trinajstić information content (AvgIpc) is 3.17. The third kappa shape index (κ3) is 4.41. The number of benzene rings is 1. The second-order valence-corrected chi connectivity index (χ2v) is 10.4. The monoisotopic (exact) mass is 463 g/mol. The summed E-state index contributed by atoms with van der Waals surface area (Å²) < 4.78 is 9.22. The van der Waals surface area contributed by atoms with Gasteiger partial charge >= 0.3 is 6.09 Å². The van der Waals surface area contributed by atoms with Crippen molar-refractivity contribution in [1.29, 1.82) is 0 Å². The summed E-state index contributed by atoms with van der Waals surface area (Å²) in [5.74, 6) is 0. The first-order valence-electron chi connectivity index (χ1n) is 12.1. The lowest BCUT2D eigenvalue weighted by molar-refractivity contribution is 0.0187. The number of ether oxygens (including phenoxy) is 1. The molecule has 3 aromatic rings. The number of likely N-dealkylation sites (tertiary alicyclic amines) is 1. The molecule has 2 aliphatic heterocycles. The van der Waals surface area contributed by atoms with E-state index in [9.17, 15) is 9.59 Å². The lowest BCUT2D eigenvalue weighted by Gasteiger charge is -2.34. The SMILES string of the molecule is Cn1cc2c(n1)CCN(c1ccc3c(=O)n(C4CCN(C(=O)OC(C)(C)C)CC4)ccc3c1)C2. The standard InChI is InChI=1S/C26H33N5O3/c1-26(2,3)34-25(33)29-11-8-20(9-12-29)31-14-7-18-15-21(5-6-22(18)24(31)32)30-13-10-23-19(17-30)16-28(4)27-23/h5-7,14-16,20H,8-13,17H2,1-4H3. The van der Waals surface area contributed by atoms with E-state index in [1.54, 1.807) is 4.90 Å². The van der Waals surface area contributed by atoms with E-state index < -0.39 is 5.60 Å². The molecule has 0 unspecified atom stereocenters. The number of aryl methyl sites for hydroxylation is 1. The van der Waals surface area contributed by atoms with E-state index >= 15 is 0 Å². The van der Waals surface area contributed by atoms with E-state index in [0.717, 1.165) is 48.8 Å². The summed E-state index contributed by atoms with van der Waals surface area (Å²) in [6.07, 6.45) is 6.14. The molecule has 4 heterocycles. The molecule has 2 aliphatic rings. The zero-order valence-corrected chi connectivity index (χ0v) is 20.5. The molecule has 0 radical (unpaired) electrons. The maximum absolute atomic E-state index is 13.3. The van der Waals surface area contributed by atoms with Crippen molar-refractivity contribution in [2.75, 3.05) is 24.5 Å². The van der Waals surface area contributed by atoms with Crippen LogP contribution in [0.1, 0.15) is 50.9 Å². The van der Waals surface area contributed by atoms with Crippen molar-refractivity contribution >= 4 is 22.6 Å². The largest absolute Gasteiger partial charge is 0.444 e. The Balaban J connectivity index is 1.31. The minimum absolute atomic E-state index is 0.0351. The predicted octanol–water partition coefficient (Wildman–Crippen LogP) is 3.87. The number of piperidine rings is 1. The maximum Gasteiger partial charge on any atom is 0.410 e. The van der Waals surface area contributed by atoms with Crippen molar-refractivity contribution in [1.82, 2.24) is 19.2 Å². The summed E-state index contributed by atoms with van der Waals surface area (Å²) in [5.41, 5.74) is 3.11. The fraction of sp³-hybridized carbons (Fsp3) is 0.500. The van der Waals surface area contributed by atoms with Gasteiger partial charge in [0, 0.05) is 74.7 Å². The first kappa shape index (κ1) is 22.5. The first-order valence-corrected chi connectivity index (χ1v) is 12.1. The van der Waals surface area contributed by atoms with Crippen LogP contribution in [0.15, 0.2) is 41.5 Å². The van der Waals surface area contributed by atoms with E-state index in [-0.39, 0.29) is 17.7 Å². The highest BCUT2D eigenvalue weighted by atomic mass is 16.6. The van der Waals surface area contributed by atoms with Crippen LogP contribution in [0.5, 0.6) is 0 Å². The highest BCUT2D eigenvalue weighted by Gasteiger charge is 2.28.